The summed E-state index contributed by atoms with van der Waals surface area (Å²) in [6.45, 7) is -3.87. The molecule has 2 heterocycles. The molecule has 2 saturated heterocycles. The second-order valence-electron chi connectivity index (χ2n) is 9.58. The Hall–Kier alpha value is -1.16. The van der Waals surface area contributed by atoms with Crippen molar-refractivity contribution >= 4 is 83.2 Å². The van der Waals surface area contributed by atoms with Gasteiger partial charge in [0.1, 0.15) is 36.6 Å². The fraction of sp³-hybridized carbons (Fsp3) is 1.00. The minimum Gasteiger partial charge on any atom is -0.341 e. The lowest BCUT2D eigenvalue weighted by Crippen LogP contribution is -2.67. The van der Waals surface area contributed by atoms with E-state index in [9.17, 15) is 90.1 Å². The average Bonchev–Trinajstić information content (AvgIpc) is 2.88. The lowest BCUT2D eigenvalue weighted by Gasteiger charge is -2.47. The van der Waals surface area contributed by atoms with Crippen LogP contribution in [0, 0.1) is 0 Å². The van der Waals surface area contributed by atoms with E-state index in [0.717, 1.165) is 0 Å². The first-order valence-corrected chi connectivity index (χ1v) is 23.3. The predicted molar refractivity (Wildman–Crippen MR) is 152 cm³/mol. The van der Waals surface area contributed by atoms with Crippen LogP contribution in [0.4, 0.5) is 0 Å². The Balaban J connectivity index is 3.02. The molecule has 2 rings (SSSR count). The Morgan fingerprint density at radius 3 is 0.945 bits per heavy atom. The molecular weight excluding hydrogens is 961 g/mol. The quantitative estimate of drug-likeness (QED) is 0.0526. The first-order chi connectivity index (χ1) is 24.2. The van der Waals surface area contributed by atoms with Crippen LogP contribution < -0.4 is 0 Å². The molecule has 55 heavy (non-hydrogen) atoms. The van der Waals surface area contributed by atoms with Crippen molar-refractivity contribution in [2.45, 2.75) is 61.4 Å². The molecule has 0 spiro atoms. The number of hydrogen-bond acceptors (Lipinski definition) is 27. The van der Waals surface area contributed by atoms with E-state index in [-0.39, 0.29) is 0 Å². The van der Waals surface area contributed by atoms with Gasteiger partial charge in [-0.1, -0.05) is 0 Å². The van der Waals surface area contributed by atoms with Crippen LogP contribution in [0.5, 0.6) is 0 Å². The van der Waals surface area contributed by atoms with E-state index < -0.39 is 158 Å². The van der Waals surface area contributed by atoms with E-state index in [1.807, 2.05) is 0 Å². The molecule has 0 radical (unpaired) electrons. The molecule has 1 unspecified atom stereocenters. The molecule has 2 aliphatic heterocycles. The molecule has 35 nitrogen and oxygen atoms in total. The molecule has 0 bridgehead atoms. The topological polar surface area (TPSA) is 536 Å². The Morgan fingerprint density at radius 1 is 0.327 bits per heavy atom. The molecule has 0 amide bonds. The summed E-state index contributed by atoms with van der Waals surface area (Å²) in [7, 11) is -48.2. The average molecular weight is 983 g/mol. The summed E-state index contributed by atoms with van der Waals surface area (Å²) in [6, 6.07) is 0. The van der Waals surface area contributed by atoms with Gasteiger partial charge in [-0.15, -0.1) is 0 Å². The molecule has 0 aromatic carbocycles. The van der Waals surface area contributed by atoms with E-state index in [1.54, 1.807) is 0 Å². The van der Waals surface area contributed by atoms with Gasteiger partial charge in [-0.2, -0.15) is 67.3 Å². The molecule has 2 fully saturated rings. The van der Waals surface area contributed by atoms with Gasteiger partial charge >= 0.3 is 83.2 Å². The van der Waals surface area contributed by atoms with E-state index in [1.165, 1.54) is 0 Å². The summed E-state index contributed by atoms with van der Waals surface area (Å²) < 4.78 is 306. The number of ether oxygens (including phenoxy) is 3. The fourth-order valence-corrected chi connectivity index (χ4v) is 7.68. The summed E-state index contributed by atoms with van der Waals surface area (Å²) in [4.78, 5) is 0. The SMILES string of the molecule is O=S(=O)(O)OC[C@H]1O[C@@H](O[C@H]2[C@H](OS(=O)(=O)O)[C@@H](OS(=O)(=O)O)C(OS(=O)(=O)O)O[C@@H]2COS(=O)(=O)O)[C@H](OS(=O)(=O)O)[C@@H](OS(=O)(=O)O)[C@H]1OS(=O)(=O)O. The van der Waals surface area contributed by atoms with Crippen LogP contribution >= 0.6 is 0 Å². The first-order valence-electron chi connectivity index (χ1n) is 12.3. The maximum absolute atomic E-state index is 11.8. The van der Waals surface area contributed by atoms with E-state index in [2.05, 4.69) is 33.5 Å². The van der Waals surface area contributed by atoms with Crippen LogP contribution in [-0.2, 0) is 131 Å². The van der Waals surface area contributed by atoms with Gasteiger partial charge in [-0.3, -0.25) is 36.4 Å². The monoisotopic (exact) mass is 982 g/mol. The van der Waals surface area contributed by atoms with Crippen molar-refractivity contribution in [3.63, 3.8) is 0 Å². The van der Waals surface area contributed by atoms with E-state index in [4.69, 9.17) is 27.9 Å². The molecule has 10 atom stereocenters. The van der Waals surface area contributed by atoms with Crippen molar-refractivity contribution in [2.75, 3.05) is 13.2 Å². The fourth-order valence-electron chi connectivity index (χ4n) is 4.20. The Bertz CT molecular complexity index is 2260. The lowest BCUT2D eigenvalue weighted by atomic mass is 9.97. The Labute approximate surface area is 308 Å². The van der Waals surface area contributed by atoms with E-state index >= 15 is 0 Å². The van der Waals surface area contributed by atoms with Crippen LogP contribution in [0.25, 0.3) is 0 Å². The van der Waals surface area contributed by atoms with Crippen LogP contribution in [0.3, 0.4) is 0 Å². The Morgan fingerprint density at radius 2 is 0.600 bits per heavy atom. The van der Waals surface area contributed by atoms with Crippen LogP contribution in [0.1, 0.15) is 0 Å². The van der Waals surface area contributed by atoms with Gasteiger partial charge in [-0.25, -0.2) is 33.5 Å². The largest absolute Gasteiger partial charge is 0.399 e. The molecule has 2 aliphatic rings. The first kappa shape index (κ1) is 50.0. The molecule has 43 heteroatoms. The van der Waals surface area contributed by atoms with Gasteiger partial charge in [0.15, 0.2) is 18.5 Å². The third-order valence-corrected chi connectivity index (χ3v) is 9.24. The second-order valence-corrected chi connectivity index (χ2v) is 18.0. The highest BCUT2D eigenvalue weighted by atomic mass is 32.3. The van der Waals surface area contributed by atoms with Crippen molar-refractivity contribution in [2.24, 2.45) is 0 Å². The molecule has 328 valence electrons. The van der Waals surface area contributed by atoms with Crippen molar-refractivity contribution in [3.8, 4) is 0 Å². The highest BCUT2D eigenvalue weighted by molar-refractivity contribution is 7.82. The van der Waals surface area contributed by atoms with Gasteiger partial charge in [0.25, 0.3) is 0 Å². The van der Waals surface area contributed by atoms with Gasteiger partial charge in [-0.05, 0) is 0 Å². The highest BCUT2D eigenvalue weighted by Gasteiger charge is 2.59. The Kier molecular flexibility index (Phi) is 16.0. The van der Waals surface area contributed by atoms with E-state index in [0.29, 0.717) is 0 Å². The number of hydrogen-bond donors (Lipinski definition) is 8. The van der Waals surface area contributed by atoms with Gasteiger partial charge < -0.3 is 14.2 Å². The standard InChI is InChI=1S/C12H22O35S8/c13-48(14,15)37-1-3-5(7(43-51(22,23)24)10(46-54(31,32)33)12(40-3)47-55(34,35)36)41-11-9(45-53(28,29)30)8(44-52(25,26)27)6(42-50(19,20)21)4(39-11)2-38-49(16,17)18/h3-12H,1-2H2,(H,13,14,15)(H,16,17,18)(H,19,20,21)(H,22,23,24)(H,25,26,27)(H,28,29,30)(H,31,32,33)(H,34,35,36)/t3-,4-,5-,6+,7+,8+,9-,10-,11+,12?/m1/s1. The van der Waals surface area contributed by atoms with Gasteiger partial charge in [0.2, 0.25) is 6.29 Å². The van der Waals surface area contributed by atoms with Crippen molar-refractivity contribution in [1.29, 1.82) is 0 Å². The zero-order valence-electron chi connectivity index (χ0n) is 25.1. The van der Waals surface area contributed by atoms with Crippen molar-refractivity contribution < 1.29 is 151 Å². The maximum atomic E-state index is 11.8. The summed E-state index contributed by atoms with van der Waals surface area (Å²) in [6.07, 6.45) is -32.1. The molecule has 0 aromatic rings. The van der Waals surface area contributed by atoms with Crippen LogP contribution in [-0.4, -0.2) is 178 Å². The van der Waals surface area contributed by atoms with Gasteiger partial charge in [0, 0.05) is 0 Å². The van der Waals surface area contributed by atoms with Crippen LogP contribution in [0.15, 0.2) is 0 Å². The van der Waals surface area contributed by atoms with Crippen molar-refractivity contribution in [1.82, 2.24) is 0 Å². The maximum Gasteiger partial charge on any atom is 0.399 e. The third kappa shape index (κ3) is 19.0. The van der Waals surface area contributed by atoms with Crippen molar-refractivity contribution in [3.05, 3.63) is 0 Å². The summed E-state index contributed by atoms with van der Waals surface area (Å²) in [5.41, 5.74) is 0. The summed E-state index contributed by atoms with van der Waals surface area (Å²) >= 11 is 0. The zero-order chi connectivity index (χ0) is 43.0. The number of rotatable bonds is 20. The normalized spacial score (nSPS) is 30.9. The zero-order valence-corrected chi connectivity index (χ0v) is 31.6. The predicted octanol–water partition coefficient (Wildman–Crippen LogP) is -6.78. The molecule has 0 saturated carbocycles. The minimum absolute atomic E-state index is 1.93. The minimum atomic E-state index is -6.20. The van der Waals surface area contributed by atoms with Crippen LogP contribution in [0.2, 0.25) is 0 Å². The third-order valence-electron chi connectivity index (χ3n) is 5.62. The lowest BCUT2D eigenvalue weighted by molar-refractivity contribution is -0.341. The molecular formula is C12H22O35S8. The van der Waals surface area contributed by atoms with Gasteiger partial charge in [0.05, 0.1) is 13.2 Å². The highest BCUT2D eigenvalue weighted by Crippen LogP contribution is 2.37. The smallest absolute Gasteiger partial charge is 0.341 e. The second kappa shape index (κ2) is 17.6. The molecule has 8 N–H and O–H groups in total. The molecule has 0 aromatic heterocycles. The molecule has 0 aliphatic carbocycles. The summed E-state index contributed by atoms with van der Waals surface area (Å²) in [5.74, 6) is 0. The summed E-state index contributed by atoms with van der Waals surface area (Å²) in [5, 5.41) is 0.